The zero-order chi connectivity index (χ0) is 25.9. The number of nitrogens with zero attached hydrogens (tertiary/aromatic N) is 4. The highest BCUT2D eigenvalue weighted by Gasteiger charge is 2.42. The Kier molecular flexibility index (Phi) is 7.72. The minimum absolute atomic E-state index is 0.176. The molecule has 200 valence electrons. The SMILES string of the molecule is Fc1ccc(N2c3ccc(F)cc3C3CN(CCCCN4CCN(Cc5ccccc5)CC4)CCC32)cc1. The van der Waals surface area contributed by atoms with E-state index in [9.17, 15) is 8.78 Å². The number of hydrogen-bond acceptors (Lipinski definition) is 4. The summed E-state index contributed by atoms with van der Waals surface area (Å²) in [4.78, 5) is 10.1. The number of piperazine rings is 1. The summed E-state index contributed by atoms with van der Waals surface area (Å²) in [6, 6.07) is 23.0. The van der Waals surface area contributed by atoms with Crippen LogP contribution in [0, 0.1) is 11.6 Å². The Labute approximate surface area is 225 Å². The van der Waals surface area contributed by atoms with Gasteiger partial charge in [0, 0.05) is 69.1 Å². The molecule has 38 heavy (non-hydrogen) atoms. The largest absolute Gasteiger partial charge is 0.337 e. The molecule has 2 unspecified atom stereocenters. The predicted molar refractivity (Wildman–Crippen MR) is 150 cm³/mol. The lowest BCUT2D eigenvalue weighted by Crippen LogP contribution is -2.46. The van der Waals surface area contributed by atoms with Crippen LogP contribution in [0.4, 0.5) is 20.2 Å². The van der Waals surface area contributed by atoms with Gasteiger partial charge in [-0.3, -0.25) is 4.90 Å². The van der Waals surface area contributed by atoms with Crippen molar-refractivity contribution in [1.82, 2.24) is 14.7 Å². The van der Waals surface area contributed by atoms with Crippen LogP contribution < -0.4 is 4.90 Å². The number of piperidine rings is 1. The molecule has 2 atom stereocenters. The zero-order valence-electron chi connectivity index (χ0n) is 22.1. The zero-order valence-corrected chi connectivity index (χ0v) is 22.1. The van der Waals surface area contributed by atoms with E-state index in [4.69, 9.17) is 0 Å². The molecule has 0 aromatic heterocycles. The van der Waals surface area contributed by atoms with Gasteiger partial charge >= 0.3 is 0 Å². The van der Waals surface area contributed by atoms with Crippen LogP contribution in [0.15, 0.2) is 72.8 Å². The number of anilines is 2. The van der Waals surface area contributed by atoms with Gasteiger partial charge in [0.1, 0.15) is 11.6 Å². The summed E-state index contributed by atoms with van der Waals surface area (Å²) in [5, 5.41) is 0. The fraction of sp³-hybridized carbons (Fsp3) is 0.438. The minimum atomic E-state index is -0.229. The van der Waals surface area contributed by atoms with Crippen LogP contribution in [0.5, 0.6) is 0 Å². The van der Waals surface area contributed by atoms with Crippen molar-refractivity contribution in [2.24, 2.45) is 0 Å². The maximum atomic E-state index is 14.3. The van der Waals surface area contributed by atoms with Gasteiger partial charge in [-0.25, -0.2) is 8.78 Å². The summed E-state index contributed by atoms with van der Waals surface area (Å²) in [6.07, 6.45) is 3.44. The Hall–Kier alpha value is -2.80. The van der Waals surface area contributed by atoms with Crippen molar-refractivity contribution in [3.05, 3.63) is 95.6 Å². The van der Waals surface area contributed by atoms with Gasteiger partial charge in [-0.05, 0) is 85.9 Å². The summed E-state index contributed by atoms with van der Waals surface area (Å²) >= 11 is 0. The summed E-state index contributed by atoms with van der Waals surface area (Å²) < 4.78 is 27.9. The second-order valence-corrected chi connectivity index (χ2v) is 11.1. The average Bonchev–Trinajstić information content (AvgIpc) is 3.26. The molecule has 3 aliphatic heterocycles. The molecule has 0 aliphatic carbocycles. The molecule has 0 saturated carbocycles. The standard InChI is InChI=1S/C32H38F2N4/c33-26-8-11-28(12-9-26)38-31-13-10-27(34)22-29(31)30-24-36(17-14-32(30)38)16-5-4-15-35-18-20-37(21-19-35)23-25-6-2-1-3-7-25/h1-3,6-13,22,30,32H,4-5,14-21,23-24H2. The predicted octanol–water partition coefficient (Wildman–Crippen LogP) is 5.87. The molecule has 3 heterocycles. The maximum Gasteiger partial charge on any atom is 0.123 e. The van der Waals surface area contributed by atoms with E-state index in [2.05, 4.69) is 49.9 Å². The summed E-state index contributed by atoms with van der Waals surface area (Å²) in [6.45, 7) is 9.92. The number of unbranched alkanes of at least 4 members (excludes halogenated alkanes) is 1. The molecule has 3 aromatic rings. The molecule has 0 spiro atoms. The smallest absolute Gasteiger partial charge is 0.123 e. The van der Waals surface area contributed by atoms with Crippen molar-refractivity contribution in [1.29, 1.82) is 0 Å². The van der Waals surface area contributed by atoms with Gasteiger partial charge < -0.3 is 14.7 Å². The van der Waals surface area contributed by atoms with E-state index in [0.29, 0.717) is 6.04 Å². The fourth-order valence-corrected chi connectivity index (χ4v) is 6.66. The van der Waals surface area contributed by atoms with E-state index in [0.717, 1.165) is 75.7 Å². The molecule has 0 bridgehead atoms. The Morgan fingerprint density at radius 3 is 2.13 bits per heavy atom. The second-order valence-electron chi connectivity index (χ2n) is 11.1. The van der Waals surface area contributed by atoms with Crippen molar-refractivity contribution >= 4 is 11.4 Å². The molecule has 3 aliphatic rings. The van der Waals surface area contributed by atoms with Gasteiger partial charge in [0.2, 0.25) is 0 Å². The molecule has 0 amide bonds. The lowest BCUT2D eigenvalue weighted by atomic mass is 9.89. The quantitative estimate of drug-likeness (QED) is 0.347. The van der Waals surface area contributed by atoms with Crippen molar-refractivity contribution in [2.45, 2.75) is 37.8 Å². The average molecular weight is 517 g/mol. The van der Waals surface area contributed by atoms with Gasteiger partial charge in [0.25, 0.3) is 0 Å². The van der Waals surface area contributed by atoms with Crippen LogP contribution in [-0.2, 0) is 6.54 Å². The summed E-state index contributed by atoms with van der Waals surface area (Å²) in [5.74, 6) is -0.130. The number of halogens is 2. The molecule has 4 nitrogen and oxygen atoms in total. The fourth-order valence-electron chi connectivity index (χ4n) is 6.66. The van der Waals surface area contributed by atoms with Crippen LogP contribution in [0.2, 0.25) is 0 Å². The molecule has 0 radical (unpaired) electrons. The molecular weight excluding hydrogens is 478 g/mol. The number of fused-ring (bicyclic) bond motifs is 3. The molecule has 0 N–H and O–H groups in total. The van der Waals surface area contributed by atoms with Crippen LogP contribution in [0.1, 0.15) is 36.3 Å². The summed E-state index contributed by atoms with van der Waals surface area (Å²) in [5.41, 5.74) is 4.56. The number of rotatable bonds is 8. The summed E-state index contributed by atoms with van der Waals surface area (Å²) in [7, 11) is 0. The first-order chi connectivity index (χ1) is 18.6. The van der Waals surface area contributed by atoms with Crippen molar-refractivity contribution in [3.8, 4) is 0 Å². The van der Waals surface area contributed by atoms with Crippen LogP contribution >= 0.6 is 0 Å². The van der Waals surface area contributed by atoms with Gasteiger partial charge in [-0.15, -0.1) is 0 Å². The van der Waals surface area contributed by atoms with E-state index in [-0.39, 0.29) is 17.6 Å². The van der Waals surface area contributed by atoms with Crippen molar-refractivity contribution < 1.29 is 8.78 Å². The Balaban J connectivity index is 0.988. The van der Waals surface area contributed by atoms with E-state index in [1.54, 1.807) is 12.1 Å². The molecule has 2 fully saturated rings. The van der Waals surface area contributed by atoms with E-state index < -0.39 is 0 Å². The molecule has 6 heteroatoms. The number of likely N-dealkylation sites (tertiary alicyclic amines) is 1. The maximum absolute atomic E-state index is 14.3. The Bertz CT molecular complexity index is 1190. The highest BCUT2D eigenvalue weighted by Crippen LogP contribution is 2.48. The number of benzene rings is 3. The second kappa shape index (κ2) is 11.5. The lowest BCUT2D eigenvalue weighted by molar-refractivity contribution is 0.123. The van der Waals surface area contributed by atoms with E-state index in [1.165, 1.54) is 37.1 Å². The van der Waals surface area contributed by atoms with Gasteiger partial charge in [-0.1, -0.05) is 30.3 Å². The Morgan fingerprint density at radius 2 is 1.37 bits per heavy atom. The van der Waals surface area contributed by atoms with Crippen LogP contribution in [-0.4, -0.2) is 73.1 Å². The monoisotopic (exact) mass is 516 g/mol. The first-order valence-corrected chi connectivity index (χ1v) is 14.2. The molecule has 2 saturated heterocycles. The van der Waals surface area contributed by atoms with Gasteiger partial charge in [0.15, 0.2) is 0 Å². The molecule has 6 rings (SSSR count). The highest BCUT2D eigenvalue weighted by atomic mass is 19.1. The number of hydrogen-bond donors (Lipinski definition) is 0. The first-order valence-electron chi connectivity index (χ1n) is 14.2. The minimum Gasteiger partial charge on any atom is -0.337 e. The van der Waals surface area contributed by atoms with Gasteiger partial charge in [0.05, 0.1) is 0 Å². The highest BCUT2D eigenvalue weighted by molar-refractivity contribution is 5.73. The molecular formula is C32H38F2N4. The van der Waals surface area contributed by atoms with Crippen LogP contribution in [0.3, 0.4) is 0 Å². The third-order valence-electron chi connectivity index (χ3n) is 8.66. The van der Waals surface area contributed by atoms with E-state index >= 15 is 0 Å². The lowest BCUT2D eigenvalue weighted by Gasteiger charge is -2.39. The van der Waals surface area contributed by atoms with Gasteiger partial charge in [-0.2, -0.15) is 0 Å². The topological polar surface area (TPSA) is 13.0 Å². The third-order valence-corrected chi connectivity index (χ3v) is 8.66. The molecule has 3 aromatic carbocycles. The van der Waals surface area contributed by atoms with E-state index in [1.807, 2.05) is 18.2 Å². The van der Waals surface area contributed by atoms with Crippen molar-refractivity contribution in [3.63, 3.8) is 0 Å². The van der Waals surface area contributed by atoms with Crippen molar-refractivity contribution in [2.75, 3.05) is 57.3 Å². The normalized spacial score (nSPS) is 22.4. The Morgan fingerprint density at radius 1 is 0.684 bits per heavy atom. The van der Waals surface area contributed by atoms with Crippen LogP contribution in [0.25, 0.3) is 0 Å². The third kappa shape index (κ3) is 5.63. The first kappa shape index (κ1) is 25.5.